The highest BCUT2D eigenvalue weighted by Gasteiger charge is 2.19. The Morgan fingerprint density at radius 1 is 1.44 bits per heavy atom. The normalized spacial score (nSPS) is 21.0. The van der Waals surface area contributed by atoms with Crippen molar-refractivity contribution in [1.29, 1.82) is 0 Å². The summed E-state index contributed by atoms with van der Waals surface area (Å²) in [5, 5.41) is 6.62. The second-order valence-electron chi connectivity index (χ2n) is 4.21. The zero-order valence-electron chi connectivity index (χ0n) is 9.90. The van der Waals surface area contributed by atoms with Gasteiger partial charge in [-0.2, -0.15) is 0 Å². The van der Waals surface area contributed by atoms with Gasteiger partial charge in [-0.25, -0.2) is 9.97 Å². The average Bonchev–Trinajstić information content (AvgIpc) is 2.65. The molecule has 0 spiro atoms. The van der Waals surface area contributed by atoms with Crippen LogP contribution in [0.3, 0.4) is 0 Å². The summed E-state index contributed by atoms with van der Waals surface area (Å²) in [6.45, 7) is 5.17. The predicted molar refractivity (Wildman–Crippen MR) is 65.7 cm³/mol. The van der Waals surface area contributed by atoms with Crippen molar-refractivity contribution >= 4 is 11.6 Å². The first kappa shape index (κ1) is 11.1. The van der Waals surface area contributed by atoms with E-state index in [1.165, 1.54) is 6.42 Å². The van der Waals surface area contributed by atoms with Crippen LogP contribution in [0.15, 0.2) is 12.4 Å². The lowest BCUT2D eigenvalue weighted by Crippen LogP contribution is -2.24. The smallest absolute Gasteiger partial charge is 0.131 e. The maximum atomic E-state index is 4.23. The Labute approximate surface area is 96.3 Å². The Bertz CT molecular complexity index is 341. The van der Waals surface area contributed by atoms with Crippen molar-refractivity contribution in [2.45, 2.75) is 19.4 Å². The number of nitrogens with one attached hydrogen (secondary N) is 2. The van der Waals surface area contributed by atoms with Gasteiger partial charge < -0.3 is 15.5 Å². The van der Waals surface area contributed by atoms with Crippen molar-refractivity contribution in [2.24, 2.45) is 0 Å². The van der Waals surface area contributed by atoms with E-state index in [0.717, 1.165) is 31.3 Å². The van der Waals surface area contributed by atoms with Gasteiger partial charge in [-0.05, 0) is 26.9 Å². The molecule has 5 heteroatoms. The number of rotatable bonds is 4. The van der Waals surface area contributed by atoms with Gasteiger partial charge in [-0.1, -0.05) is 0 Å². The summed E-state index contributed by atoms with van der Waals surface area (Å²) >= 11 is 0. The molecule has 1 unspecified atom stereocenters. The number of aromatic nitrogens is 2. The molecule has 1 aromatic rings. The number of hydrogen-bond acceptors (Lipinski definition) is 5. The highest BCUT2D eigenvalue weighted by Crippen LogP contribution is 2.14. The molecule has 1 saturated heterocycles. The molecule has 0 bridgehead atoms. The van der Waals surface area contributed by atoms with Gasteiger partial charge in [-0.3, -0.25) is 0 Å². The van der Waals surface area contributed by atoms with Crippen LogP contribution in [0.2, 0.25) is 0 Å². The fourth-order valence-corrected chi connectivity index (χ4v) is 1.98. The van der Waals surface area contributed by atoms with Crippen LogP contribution in [-0.2, 0) is 0 Å². The van der Waals surface area contributed by atoms with Crippen LogP contribution in [0.4, 0.5) is 11.6 Å². The van der Waals surface area contributed by atoms with Gasteiger partial charge in [-0.15, -0.1) is 0 Å². The molecule has 2 rings (SSSR count). The molecule has 1 fully saturated rings. The third kappa shape index (κ3) is 2.82. The second kappa shape index (κ2) is 5.12. The van der Waals surface area contributed by atoms with Gasteiger partial charge in [0.15, 0.2) is 0 Å². The summed E-state index contributed by atoms with van der Waals surface area (Å²) in [4.78, 5) is 10.7. The molecular weight excluding hydrogens is 202 g/mol. The quantitative estimate of drug-likeness (QED) is 0.795. The Balaban J connectivity index is 1.95. The summed E-state index contributed by atoms with van der Waals surface area (Å²) in [6, 6.07) is 2.47. The Hall–Kier alpha value is -1.36. The fraction of sp³-hybridized carbons (Fsp3) is 0.636. The average molecular weight is 221 g/mol. The number of anilines is 2. The first-order chi connectivity index (χ1) is 7.78. The van der Waals surface area contributed by atoms with E-state index in [0.29, 0.717) is 6.04 Å². The molecule has 2 N–H and O–H groups in total. The Morgan fingerprint density at radius 2 is 2.25 bits per heavy atom. The number of hydrogen-bond donors (Lipinski definition) is 2. The van der Waals surface area contributed by atoms with E-state index in [9.17, 15) is 0 Å². The zero-order chi connectivity index (χ0) is 11.4. The molecule has 0 saturated carbocycles. The summed E-state index contributed by atoms with van der Waals surface area (Å²) in [5.74, 6) is 1.79. The van der Waals surface area contributed by atoms with Crippen molar-refractivity contribution < 1.29 is 0 Å². The van der Waals surface area contributed by atoms with Crippen molar-refractivity contribution in [3.05, 3.63) is 12.4 Å². The highest BCUT2D eigenvalue weighted by molar-refractivity contribution is 5.46. The van der Waals surface area contributed by atoms with Gasteiger partial charge in [0.2, 0.25) is 0 Å². The van der Waals surface area contributed by atoms with Gasteiger partial charge in [0, 0.05) is 25.2 Å². The summed E-state index contributed by atoms with van der Waals surface area (Å²) in [7, 11) is 2.14. The molecule has 1 aliphatic rings. The lowest BCUT2D eigenvalue weighted by molar-refractivity contribution is 0.414. The summed E-state index contributed by atoms with van der Waals surface area (Å²) < 4.78 is 0. The molecule has 88 valence electrons. The molecule has 16 heavy (non-hydrogen) atoms. The van der Waals surface area contributed by atoms with Crippen LogP contribution in [0, 0.1) is 0 Å². The number of likely N-dealkylation sites (tertiary alicyclic amines) is 1. The van der Waals surface area contributed by atoms with E-state index < -0.39 is 0 Å². The monoisotopic (exact) mass is 221 g/mol. The third-order valence-electron chi connectivity index (χ3n) is 2.77. The molecule has 2 heterocycles. The summed E-state index contributed by atoms with van der Waals surface area (Å²) in [5.41, 5.74) is 0. The van der Waals surface area contributed by atoms with Crippen LogP contribution in [0.5, 0.6) is 0 Å². The van der Waals surface area contributed by atoms with Gasteiger partial charge >= 0.3 is 0 Å². The van der Waals surface area contributed by atoms with Crippen LogP contribution in [0.1, 0.15) is 13.3 Å². The molecule has 1 atom stereocenters. The van der Waals surface area contributed by atoms with Gasteiger partial charge in [0.05, 0.1) is 0 Å². The molecule has 0 amide bonds. The van der Waals surface area contributed by atoms with Crippen molar-refractivity contribution in [2.75, 3.05) is 37.3 Å². The first-order valence-corrected chi connectivity index (χ1v) is 5.79. The van der Waals surface area contributed by atoms with Gasteiger partial charge in [0.1, 0.15) is 18.0 Å². The standard InChI is InChI=1S/C11H19N5/c1-3-12-10-6-11(14-8-13-10)15-9-4-5-16(2)7-9/h6,8-9H,3-5,7H2,1-2H3,(H2,12,13,14,15). The second-order valence-corrected chi connectivity index (χ2v) is 4.21. The maximum absolute atomic E-state index is 4.23. The highest BCUT2D eigenvalue weighted by atomic mass is 15.2. The van der Waals surface area contributed by atoms with E-state index in [2.05, 4.69) is 39.5 Å². The number of nitrogens with zero attached hydrogens (tertiary/aromatic N) is 3. The Morgan fingerprint density at radius 3 is 2.94 bits per heavy atom. The largest absolute Gasteiger partial charge is 0.370 e. The topological polar surface area (TPSA) is 53.1 Å². The van der Waals surface area contributed by atoms with Crippen molar-refractivity contribution in [1.82, 2.24) is 14.9 Å². The minimum absolute atomic E-state index is 0.509. The summed E-state index contributed by atoms with van der Waals surface area (Å²) in [6.07, 6.45) is 2.77. The van der Waals surface area contributed by atoms with E-state index in [4.69, 9.17) is 0 Å². The maximum Gasteiger partial charge on any atom is 0.131 e. The predicted octanol–water partition coefficient (Wildman–Crippen LogP) is 1.02. The van der Waals surface area contributed by atoms with Crippen LogP contribution >= 0.6 is 0 Å². The molecule has 1 aromatic heterocycles. The lowest BCUT2D eigenvalue weighted by atomic mass is 10.2. The van der Waals surface area contributed by atoms with E-state index >= 15 is 0 Å². The van der Waals surface area contributed by atoms with E-state index in [1.54, 1.807) is 6.33 Å². The molecular formula is C11H19N5. The first-order valence-electron chi connectivity index (χ1n) is 5.79. The number of likely N-dealkylation sites (N-methyl/N-ethyl adjacent to an activating group) is 1. The third-order valence-corrected chi connectivity index (χ3v) is 2.77. The van der Waals surface area contributed by atoms with Crippen molar-refractivity contribution in [3.8, 4) is 0 Å². The molecule has 0 radical (unpaired) electrons. The van der Waals surface area contributed by atoms with E-state index in [-0.39, 0.29) is 0 Å². The van der Waals surface area contributed by atoms with E-state index in [1.807, 2.05) is 6.07 Å². The Kier molecular flexibility index (Phi) is 3.56. The van der Waals surface area contributed by atoms with Crippen LogP contribution < -0.4 is 10.6 Å². The lowest BCUT2D eigenvalue weighted by Gasteiger charge is -2.13. The van der Waals surface area contributed by atoms with Crippen molar-refractivity contribution in [3.63, 3.8) is 0 Å². The molecule has 0 aromatic carbocycles. The fourth-order valence-electron chi connectivity index (χ4n) is 1.98. The SMILES string of the molecule is CCNc1cc(NC2CCN(C)C2)ncn1. The van der Waals surface area contributed by atoms with Gasteiger partial charge in [0.25, 0.3) is 0 Å². The zero-order valence-corrected chi connectivity index (χ0v) is 9.90. The van der Waals surface area contributed by atoms with Crippen LogP contribution in [0.25, 0.3) is 0 Å². The van der Waals surface area contributed by atoms with Crippen LogP contribution in [-0.4, -0.2) is 47.6 Å². The molecule has 5 nitrogen and oxygen atoms in total. The molecule has 0 aliphatic carbocycles. The minimum Gasteiger partial charge on any atom is -0.370 e. The molecule has 1 aliphatic heterocycles. The minimum atomic E-state index is 0.509.